The van der Waals surface area contributed by atoms with Gasteiger partial charge >= 0.3 is 0 Å². The molecule has 5 nitrogen and oxygen atoms in total. The van der Waals surface area contributed by atoms with Crippen molar-refractivity contribution in [3.05, 3.63) is 36.3 Å². The molecule has 0 aliphatic carbocycles. The zero-order chi connectivity index (χ0) is 11.5. The van der Waals surface area contributed by atoms with Crippen LogP contribution in [0.3, 0.4) is 0 Å². The van der Waals surface area contributed by atoms with Gasteiger partial charge in [-0.1, -0.05) is 6.07 Å². The Bertz CT molecular complexity index is 515. The summed E-state index contributed by atoms with van der Waals surface area (Å²) in [6, 6.07) is 5.99. The highest BCUT2D eigenvalue weighted by Crippen LogP contribution is 2.04. The van der Waals surface area contributed by atoms with Gasteiger partial charge in [0, 0.05) is 25.5 Å². The van der Waals surface area contributed by atoms with Gasteiger partial charge in [-0.15, -0.1) is 24.0 Å². The molecule has 0 spiro atoms. The van der Waals surface area contributed by atoms with Crippen molar-refractivity contribution >= 4 is 35.6 Å². The van der Waals surface area contributed by atoms with Gasteiger partial charge in [0.25, 0.3) is 0 Å². The Balaban J connectivity index is 0.00000120. The van der Waals surface area contributed by atoms with Crippen LogP contribution in [-0.4, -0.2) is 28.4 Å². The van der Waals surface area contributed by atoms with E-state index in [1.165, 1.54) is 0 Å². The number of hydrogen-bond acceptors (Lipinski definition) is 4. The summed E-state index contributed by atoms with van der Waals surface area (Å²) in [6.07, 6.45) is 5.15. The highest BCUT2D eigenvalue weighted by molar-refractivity contribution is 14.0. The van der Waals surface area contributed by atoms with Crippen LogP contribution in [0.15, 0.2) is 35.6 Å². The molecule has 0 saturated heterocycles. The third-order valence-electron chi connectivity index (χ3n) is 2.75. The molecule has 6 heteroatoms. The van der Waals surface area contributed by atoms with Crippen LogP contribution in [0.4, 0.5) is 0 Å². The fraction of sp³-hybridized carbons (Fsp3) is 0.333. The molecule has 0 radical (unpaired) electrons. The van der Waals surface area contributed by atoms with E-state index in [0.29, 0.717) is 6.54 Å². The molecule has 1 aliphatic heterocycles. The second-order valence-corrected chi connectivity index (χ2v) is 4.06. The molecule has 0 saturated carbocycles. The molecule has 0 atom stereocenters. The maximum absolute atomic E-state index is 4.51. The maximum atomic E-state index is 4.51. The monoisotopic (exact) mass is 357 g/mol. The molecular weight excluding hydrogens is 341 g/mol. The van der Waals surface area contributed by atoms with Crippen molar-refractivity contribution in [1.29, 1.82) is 0 Å². The Morgan fingerprint density at radius 1 is 1.39 bits per heavy atom. The van der Waals surface area contributed by atoms with Crippen LogP contribution in [0.25, 0.3) is 5.65 Å². The van der Waals surface area contributed by atoms with E-state index in [1.807, 2.05) is 35.0 Å². The molecule has 96 valence electrons. The zero-order valence-electron chi connectivity index (χ0n) is 9.97. The van der Waals surface area contributed by atoms with Crippen molar-refractivity contribution in [2.75, 3.05) is 13.1 Å². The average molecular weight is 357 g/mol. The fourth-order valence-electron chi connectivity index (χ4n) is 1.90. The Labute approximate surface area is 123 Å². The predicted molar refractivity (Wildman–Crippen MR) is 82.4 cm³/mol. The number of nitrogens with zero attached hydrogens (tertiary/aromatic N) is 3. The van der Waals surface area contributed by atoms with Gasteiger partial charge in [-0.3, -0.25) is 4.99 Å². The normalized spacial score (nSPS) is 14.6. The number of nitrogens with one attached hydrogen (secondary N) is 2. The quantitative estimate of drug-likeness (QED) is 0.799. The van der Waals surface area contributed by atoms with Crippen molar-refractivity contribution in [2.24, 2.45) is 4.99 Å². The van der Waals surface area contributed by atoms with Crippen molar-refractivity contribution in [1.82, 2.24) is 20.0 Å². The first kappa shape index (κ1) is 13.1. The number of hydrogen-bond donors (Lipinski definition) is 2. The Hall–Kier alpha value is -1.31. The SMILES string of the molecule is I.c1ccn2cc(CNC3=NCCCN3)nc2c1. The number of halogens is 1. The lowest BCUT2D eigenvalue weighted by Crippen LogP contribution is -2.40. The van der Waals surface area contributed by atoms with Crippen LogP contribution in [0.2, 0.25) is 0 Å². The molecule has 3 heterocycles. The average Bonchev–Trinajstić information content (AvgIpc) is 2.80. The van der Waals surface area contributed by atoms with Crippen molar-refractivity contribution in [3.63, 3.8) is 0 Å². The van der Waals surface area contributed by atoms with E-state index in [1.54, 1.807) is 0 Å². The lowest BCUT2D eigenvalue weighted by Gasteiger charge is -2.15. The summed E-state index contributed by atoms with van der Waals surface area (Å²) in [6.45, 7) is 2.60. The van der Waals surface area contributed by atoms with Gasteiger partial charge < -0.3 is 15.0 Å². The van der Waals surface area contributed by atoms with Gasteiger partial charge in [-0.25, -0.2) is 4.98 Å². The highest BCUT2D eigenvalue weighted by Gasteiger charge is 2.05. The van der Waals surface area contributed by atoms with E-state index in [0.717, 1.165) is 36.8 Å². The third-order valence-corrected chi connectivity index (χ3v) is 2.75. The van der Waals surface area contributed by atoms with Gasteiger partial charge in [0.2, 0.25) is 0 Å². The van der Waals surface area contributed by atoms with E-state index in [9.17, 15) is 0 Å². The summed E-state index contributed by atoms with van der Waals surface area (Å²) in [7, 11) is 0. The molecule has 0 aromatic carbocycles. The number of imidazole rings is 1. The minimum absolute atomic E-state index is 0. The first-order valence-corrected chi connectivity index (χ1v) is 5.87. The Morgan fingerprint density at radius 3 is 3.11 bits per heavy atom. The smallest absolute Gasteiger partial charge is 0.191 e. The number of guanidine groups is 1. The zero-order valence-corrected chi connectivity index (χ0v) is 12.3. The summed E-state index contributed by atoms with van der Waals surface area (Å²) >= 11 is 0. The van der Waals surface area contributed by atoms with Crippen LogP contribution in [0, 0.1) is 0 Å². The second-order valence-electron chi connectivity index (χ2n) is 4.06. The molecule has 2 aromatic heterocycles. The minimum atomic E-state index is 0. The van der Waals surface area contributed by atoms with Crippen LogP contribution in [0.5, 0.6) is 0 Å². The Kier molecular flexibility index (Phi) is 4.40. The second kappa shape index (κ2) is 6.03. The van der Waals surface area contributed by atoms with E-state index >= 15 is 0 Å². The standard InChI is InChI=1S/C12H15N5.HI/c1-2-7-17-9-10(16-11(17)4-1)8-15-12-13-5-3-6-14-12;/h1-2,4,7,9H,3,5-6,8H2,(H2,13,14,15);1H. The van der Waals surface area contributed by atoms with Crippen LogP contribution < -0.4 is 10.6 Å². The number of fused-ring (bicyclic) bond motifs is 1. The minimum Gasteiger partial charge on any atom is -0.356 e. The Morgan fingerprint density at radius 2 is 2.33 bits per heavy atom. The predicted octanol–water partition coefficient (Wildman–Crippen LogP) is 1.39. The van der Waals surface area contributed by atoms with Crippen LogP contribution >= 0.6 is 24.0 Å². The van der Waals surface area contributed by atoms with Crippen molar-refractivity contribution < 1.29 is 0 Å². The summed E-state index contributed by atoms with van der Waals surface area (Å²) in [4.78, 5) is 8.87. The largest absolute Gasteiger partial charge is 0.356 e. The third kappa shape index (κ3) is 2.92. The molecule has 2 aromatic rings. The number of rotatable bonds is 2. The van der Waals surface area contributed by atoms with Crippen molar-refractivity contribution in [3.8, 4) is 0 Å². The molecule has 2 N–H and O–H groups in total. The lowest BCUT2D eigenvalue weighted by atomic mass is 10.4. The summed E-state index contributed by atoms with van der Waals surface area (Å²) in [5.74, 6) is 0.883. The van der Waals surface area contributed by atoms with Gasteiger partial charge in [0.1, 0.15) is 5.65 Å². The summed E-state index contributed by atoms with van der Waals surface area (Å²) in [5.41, 5.74) is 1.99. The molecule has 3 rings (SSSR count). The summed E-state index contributed by atoms with van der Waals surface area (Å²) in [5, 5.41) is 6.49. The molecule has 0 amide bonds. The van der Waals surface area contributed by atoms with Crippen LogP contribution in [-0.2, 0) is 6.54 Å². The molecule has 18 heavy (non-hydrogen) atoms. The molecule has 0 fully saturated rings. The van der Waals surface area contributed by atoms with Gasteiger partial charge in [-0.05, 0) is 18.6 Å². The van der Waals surface area contributed by atoms with Crippen LogP contribution in [0.1, 0.15) is 12.1 Å². The fourth-order valence-corrected chi connectivity index (χ4v) is 1.90. The lowest BCUT2D eigenvalue weighted by molar-refractivity contribution is 0.699. The van der Waals surface area contributed by atoms with Gasteiger partial charge in [0.05, 0.1) is 12.2 Å². The number of aromatic nitrogens is 2. The van der Waals surface area contributed by atoms with E-state index in [4.69, 9.17) is 0 Å². The van der Waals surface area contributed by atoms with Gasteiger partial charge in [-0.2, -0.15) is 0 Å². The molecule has 0 unspecified atom stereocenters. The van der Waals surface area contributed by atoms with E-state index in [-0.39, 0.29) is 24.0 Å². The molecule has 0 bridgehead atoms. The first-order valence-electron chi connectivity index (χ1n) is 5.87. The van der Waals surface area contributed by atoms with Crippen molar-refractivity contribution in [2.45, 2.75) is 13.0 Å². The van der Waals surface area contributed by atoms with E-state index in [2.05, 4.69) is 20.6 Å². The highest BCUT2D eigenvalue weighted by atomic mass is 127. The maximum Gasteiger partial charge on any atom is 0.191 e. The van der Waals surface area contributed by atoms with E-state index < -0.39 is 0 Å². The first-order chi connectivity index (χ1) is 8.42. The molecular formula is C12H16IN5. The molecule has 1 aliphatic rings. The van der Waals surface area contributed by atoms with Gasteiger partial charge in [0.15, 0.2) is 5.96 Å². The number of pyridine rings is 1. The number of aliphatic imine (C=N–C) groups is 1. The topological polar surface area (TPSA) is 53.7 Å². The summed E-state index contributed by atoms with van der Waals surface area (Å²) < 4.78 is 2.02.